The molecule has 0 atom stereocenters. The number of nitrogens with one attached hydrogen (secondary N) is 1. The molecule has 0 aliphatic heterocycles. The number of guanidine groups is 2. The number of benzene rings is 3. The summed E-state index contributed by atoms with van der Waals surface area (Å²) in [6.45, 7) is 1.97. The molecule has 11 heteroatoms. The van der Waals surface area contributed by atoms with Crippen LogP contribution in [0, 0.1) is 0 Å². The van der Waals surface area contributed by atoms with Crippen LogP contribution in [-0.2, 0) is 6.54 Å². The van der Waals surface area contributed by atoms with Crippen LogP contribution in [0.5, 0.6) is 0 Å². The number of halogens is 3. The summed E-state index contributed by atoms with van der Waals surface area (Å²) in [6.07, 6.45) is 0. The number of hydrogen-bond acceptors (Lipinski definition) is 3. The van der Waals surface area contributed by atoms with Crippen molar-refractivity contribution in [3.8, 4) is 11.1 Å². The highest BCUT2D eigenvalue weighted by atomic mass is 35.5. The van der Waals surface area contributed by atoms with Crippen LogP contribution in [0.1, 0.15) is 0 Å². The summed E-state index contributed by atoms with van der Waals surface area (Å²) in [4.78, 5) is 8.22. The SMILES string of the molecule is NC(N)=NCCNc1cc2c(cc1-c1ccc(Cl)c(Cl)c1)c1cc(Cl)ccc1n2CCN=C(N)N. The first kappa shape index (κ1) is 24.8. The molecule has 9 N–H and O–H groups in total. The molecule has 0 saturated heterocycles. The molecule has 4 aromatic rings. The fraction of sp³-hybridized carbons (Fsp3) is 0.167. The molecule has 0 radical (unpaired) electrons. The monoisotopic (exact) mass is 530 g/mol. The average Bonchev–Trinajstić information content (AvgIpc) is 3.09. The van der Waals surface area contributed by atoms with Crippen molar-refractivity contribution >= 4 is 74.2 Å². The summed E-state index contributed by atoms with van der Waals surface area (Å²) in [7, 11) is 0. The zero-order valence-electron chi connectivity index (χ0n) is 18.7. The summed E-state index contributed by atoms with van der Waals surface area (Å²) in [5, 5.41) is 7.11. The van der Waals surface area contributed by atoms with E-state index >= 15 is 0 Å². The average molecular weight is 532 g/mol. The molecule has 8 nitrogen and oxygen atoms in total. The van der Waals surface area contributed by atoms with Gasteiger partial charge in [0.25, 0.3) is 0 Å². The molecular formula is C24H25Cl3N8. The molecule has 3 aromatic carbocycles. The first-order valence-corrected chi connectivity index (χ1v) is 11.9. The molecule has 182 valence electrons. The molecular weight excluding hydrogens is 507 g/mol. The van der Waals surface area contributed by atoms with Crippen molar-refractivity contribution in [3.05, 3.63) is 63.6 Å². The quantitative estimate of drug-likeness (QED) is 0.130. The van der Waals surface area contributed by atoms with E-state index in [9.17, 15) is 0 Å². The van der Waals surface area contributed by atoms with E-state index in [0.717, 1.165) is 38.6 Å². The van der Waals surface area contributed by atoms with Crippen molar-refractivity contribution in [2.75, 3.05) is 25.0 Å². The third-order valence-corrected chi connectivity index (χ3v) is 6.51. The Morgan fingerprint density at radius 3 is 2.20 bits per heavy atom. The van der Waals surface area contributed by atoms with Gasteiger partial charge >= 0.3 is 0 Å². The molecule has 0 spiro atoms. The zero-order chi connectivity index (χ0) is 25.1. The molecule has 4 rings (SSSR count). The van der Waals surface area contributed by atoms with Crippen LogP contribution in [0.2, 0.25) is 15.1 Å². The van der Waals surface area contributed by atoms with Crippen LogP contribution in [-0.4, -0.2) is 36.1 Å². The number of fused-ring (bicyclic) bond motifs is 3. The zero-order valence-corrected chi connectivity index (χ0v) is 21.0. The lowest BCUT2D eigenvalue weighted by Gasteiger charge is -2.15. The van der Waals surface area contributed by atoms with Gasteiger partial charge in [-0.1, -0.05) is 40.9 Å². The predicted molar refractivity (Wildman–Crippen MR) is 150 cm³/mol. The van der Waals surface area contributed by atoms with Gasteiger partial charge in [0.1, 0.15) is 0 Å². The van der Waals surface area contributed by atoms with Crippen molar-refractivity contribution < 1.29 is 0 Å². The van der Waals surface area contributed by atoms with Crippen molar-refractivity contribution in [3.63, 3.8) is 0 Å². The number of nitrogens with zero attached hydrogens (tertiary/aromatic N) is 3. The minimum absolute atomic E-state index is 0.0451. The van der Waals surface area contributed by atoms with E-state index < -0.39 is 0 Å². The van der Waals surface area contributed by atoms with E-state index in [1.165, 1.54) is 0 Å². The van der Waals surface area contributed by atoms with E-state index in [4.69, 9.17) is 57.7 Å². The Kier molecular flexibility index (Phi) is 7.45. The second-order valence-electron chi connectivity index (χ2n) is 7.90. The smallest absolute Gasteiger partial charge is 0.185 e. The number of hydrogen-bond donors (Lipinski definition) is 5. The van der Waals surface area contributed by atoms with Gasteiger partial charge in [0.05, 0.1) is 28.7 Å². The summed E-state index contributed by atoms with van der Waals surface area (Å²) >= 11 is 18.9. The highest BCUT2D eigenvalue weighted by Gasteiger charge is 2.16. The molecule has 1 aromatic heterocycles. The number of rotatable bonds is 8. The van der Waals surface area contributed by atoms with Crippen LogP contribution in [0.25, 0.3) is 32.9 Å². The fourth-order valence-corrected chi connectivity index (χ4v) is 4.53. The molecule has 0 fully saturated rings. The Labute approximate surface area is 217 Å². The Hall–Kier alpha value is -3.33. The van der Waals surface area contributed by atoms with Gasteiger partial charge < -0.3 is 32.8 Å². The fourth-order valence-electron chi connectivity index (χ4n) is 4.06. The predicted octanol–water partition coefficient (Wildman–Crippen LogP) is 4.38. The minimum Gasteiger partial charge on any atom is -0.383 e. The molecule has 0 aliphatic rings. The molecule has 0 saturated carbocycles. The van der Waals surface area contributed by atoms with E-state index in [1.807, 2.05) is 30.3 Å². The van der Waals surface area contributed by atoms with Crippen molar-refractivity contribution in [2.45, 2.75) is 6.54 Å². The van der Waals surface area contributed by atoms with E-state index in [0.29, 0.717) is 41.2 Å². The largest absolute Gasteiger partial charge is 0.383 e. The van der Waals surface area contributed by atoms with E-state index in [2.05, 4.69) is 32.0 Å². The van der Waals surface area contributed by atoms with Gasteiger partial charge in [-0.3, -0.25) is 9.98 Å². The van der Waals surface area contributed by atoms with E-state index in [-0.39, 0.29) is 11.9 Å². The second kappa shape index (κ2) is 10.5. The second-order valence-corrected chi connectivity index (χ2v) is 9.15. The normalized spacial score (nSPS) is 11.1. The maximum absolute atomic E-state index is 6.37. The maximum Gasteiger partial charge on any atom is 0.185 e. The molecule has 35 heavy (non-hydrogen) atoms. The van der Waals surface area contributed by atoms with Gasteiger partial charge in [0.2, 0.25) is 0 Å². The molecule has 0 amide bonds. The summed E-state index contributed by atoms with van der Waals surface area (Å²) in [6, 6.07) is 15.6. The Morgan fingerprint density at radius 1 is 0.771 bits per heavy atom. The first-order chi connectivity index (χ1) is 16.7. The Balaban J connectivity index is 1.92. The van der Waals surface area contributed by atoms with Crippen LogP contribution in [0.3, 0.4) is 0 Å². The van der Waals surface area contributed by atoms with Crippen molar-refractivity contribution in [1.29, 1.82) is 0 Å². The number of nitrogens with two attached hydrogens (primary N) is 4. The Morgan fingerprint density at radius 2 is 1.49 bits per heavy atom. The van der Waals surface area contributed by atoms with Crippen LogP contribution < -0.4 is 28.3 Å². The molecule has 0 aliphatic carbocycles. The molecule has 0 unspecified atom stereocenters. The third-order valence-electron chi connectivity index (χ3n) is 5.54. The van der Waals surface area contributed by atoms with Crippen LogP contribution in [0.15, 0.2) is 58.5 Å². The first-order valence-electron chi connectivity index (χ1n) is 10.8. The standard InChI is InChI=1S/C24H25Cl3N8/c25-14-2-4-21-16(10-14)17-11-15(13-1-3-18(26)19(27)9-13)20(32-5-6-33-23(28)29)12-22(17)35(21)8-7-34-24(30)31/h1-4,9-12,32H,5-8H2,(H4,28,29,33)(H4,30,31,34). The third kappa shape index (κ3) is 5.51. The lowest BCUT2D eigenvalue weighted by atomic mass is 10.00. The van der Waals surface area contributed by atoms with Crippen LogP contribution in [0.4, 0.5) is 5.69 Å². The van der Waals surface area contributed by atoms with Crippen molar-refractivity contribution in [2.24, 2.45) is 32.9 Å². The van der Waals surface area contributed by atoms with Gasteiger partial charge in [-0.05, 0) is 48.0 Å². The topological polar surface area (TPSA) is 146 Å². The van der Waals surface area contributed by atoms with Crippen LogP contribution >= 0.6 is 34.8 Å². The van der Waals surface area contributed by atoms with Gasteiger partial charge in [-0.15, -0.1) is 0 Å². The minimum atomic E-state index is 0.0451. The maximum atomic E-state index is 6.37. The lowest BCUT2D eigenvalue weighted by molar-refractivity contribution is 0.757. The highest BCUT2D eigenvalue weighted by Crippen LogP contribution is 2.39. The van der Waals surface area contributed by atoms with Gasteiger partial charge in [-0.25, -0.2) is 0 Å². The van der Waals surface area contributed by atoms with E-state index in [1.54, 1.807) is 6.07 Å². The highest BCUT2D eigenvalue weighted by molar-refractivity contribution is 6.42. The Bertz CT molecular complexity index is 1450. The number of aliphatic imine (C=N–C) groups is 2. The molecule has 0 bridgehead atoms. The van der Waals surface area contributed by atoms with Gasteiger partial charge in [-0.2, -0.15) is 0 Å². The summed E-state index contributed by atoms with van der Waals surface area (Å²) in [5.74, 6) is 0.0986. The number of aromatic nitrogens is 1. The van der Waals surface area contributed by atoms with Crippen molar-refractivity contribution in [1.82, 2.24) is 4.57 Å². The number of anilines is 1. The lowest BCUT2D eigenvalue weighted by Crippen LogP contribution is -2.24. The molecule has 1 heterocycles. The summed E-state index contributed by atoms with van der Waals surface area (Å²) < 4.78 is 2.17. The summed E-state index contributed by atoms with van der Waals surface area (Å²) in [5.41, 5.74) is 26.8. The van der Waals surface area contributed by atoms with Gasteiger partial charge in [0, 0.05) is 45.7 Å². The van der Waals surface area contributed by atoms with Gasteiger partial charge in [0.15, 0.2) is 11.9 Å².